The quantitative estimate of drug-likeness (QED) is 0.797. The van der Waals surface area contributed by atoms with Crippen LogP contribution in [0.2, 0.25) is 0 Å². The predicted molar refractivity (Wildman–Crippen MR) is 76.6 cm³/mol. The summed E-state index contributed by atoms with van der Waals surface area (Å²) in [6.07, 6.45) is 4.10. The summed E-state index contributed by atoms with van der Waals surface area (Å²) in [5.41, 5.74) is 2.89. The van der Waals surface area contributed by atoms with Crippen molar-refractivity contribution in [3.63, 3.8) is 0 Å². The van der Waals surface area contributed by atoms with Gasteiger partial charge in [0.1, 0.15) is 0 Å². The van der Waals surface area contributed by atoms with Crippen LogP contribution in [-0.2, 0) is 6.54 Å². The molecular formula is C16H22N3. The first-order valence-corrected chi connectivity index (χ1v) is 7.60. The van der Waals surface area contributed by atoms with Gasteiger partial charge in [-0.15, -0.1) is 0 Å². The highest BCUT2D eigenvalue weighted by atomic mass is 15.3. The van der Waals surface area contributed by atoms with Gasteiger partial charge in [0.15, 0.2) is 0 Å². The van der Waals surface area contributed by atoms with E-state index in [1.165, 1.54) is 49.5 Å². The summed E-state index contributed by atoms with van der Waals surface area (Å²) >= 11 is 0. The number of hydrogen-bond donors (Lipinski definition) is 2. The van der Waals surface area contributed by atoms with Gasteiger partial charge in [-0.05, 0) is 30.5 Å². The molecule has 2 N–H and O–H groups in total. The van der Waals surface area contributed by atoms with Gasteiger partial charge in [0.25, 0.3) is 0 Å². The Hall–Kier alpha value is -0.900. The van der Waals surface area contributed by atoms with E-state index in [0.717, 1.165) is 13.1 Å². The molecule has 1 aromatic rings. The first-order chi connectivity index (χ1) is 9.43. The summed E-state index contributed by atoms with van der Waals surface area (Å²) in [5.74, 6) is 0. The van der Waals surface area contributed by atoms with Crippen molar-refractivity contribution in [2.75, 3.05) is 19.6 Å². The van der Waals surface area contributed by atoms with Gasteiger partial charge in [-0.25, -0.2) is 0 Å². The van der Waals surface area contributed by atoms with Crippen LogP contribution in [0.5, 0.6) is 0 Å². The number of nitrogens with one attached hydrogen (secondary N) is 2. The Kier molecular flexibility index (Phi) is 3.06. The van der Waals surface area contributed by atoms with Crippen molar-refractivity contribution < 1.29 is 0 Å². The second kappa shape index (κ2) is 4.89. The lowest BCUT2D eigenvalue weighted by Crippen LogP contribution is -2.62. The maximum absolute atomic E-state index is 3.76. The second-order valence-corrected chi connectivity index (χ2v) is 5.96. The van der Waals surface area contributed by atoms with Crippen LogP contribution in [0.15, 0.2) is 24.3 Å². The SMILES string of the molecule is c1ccc2c(c1)CN[C]2C1NCCN2CCCCC12. The molecule has 101 valence electrons. The van der Waals surface area contributed by atoms with Crippen molar-refractivity contribution in [3.05, 3.63) is 41.4 Å². The van der Waals surface area contributed by atoms with Gasteiger partial charge in [0.2, 0.25) is 0 Å². The fourth-order valence-corrected chi connectivity index (χ4v) is 3.97. The van der Waals surface area contributed by atoms with Crippen molar-refractivity contribution in [2.24, 2.45) is 0 Å². The molecule has 0 bridgehead atoms. The van der Waals surface area contributed by atoms with Crippen molar-refractivity contribution in [3.8, 4) is 0 Å². The van der Waals surface area contributed by atoms with E-state index in [1.54, 1.807) is 0 Å². The zero-order valence-electron chi connectivity index (χ0n) is 11.4. The van der Waals surface area contributed by atoms with Crippen molar-refractivity contribution in [1.82, 2.24) is 15.5 Å². The summed E-state index contributed by atoms with van der Waals surface area (Å²) < 4.78 is 0. The predicted octanol–water partition coefficient (Wildman–Crippen LogP) is 1.50. The largest absolute Gasteiger partial charge is 0.309 e. The highest BCUT2D eigenvalue weighted by molar-refractivity contribution is 5.45. The van der Waals surface area contributed by atoms with E-state index in [9.17, 15) is 0 Å². The zero-order valence-corrected chi connectivity index (χ0v) is 11.4. The molecule has 0 aromatic heterocycles. The Bertz CT molecular complexity index is 457. The lowest BCUT2D eigenvalue weighted by atomic mass is 9.86. The number of fused-ring (bicyclic) bond motifs is 2. The number of nitrogens with zero attached hydrogens (tertiary/aromatic N) is 1. The number of hydrogen-bond acceptors (Lipinski definition) is 3. The third-order valence-electron chi connectivity index (χ3n) is 4.90. The van der Waals surface area contributed by atoms with Crippen LogP contribution in [0.25, 0.3) is 0 Å². The summed E-state index contributed by atoms with van der Waals surface area (Å²) in [5, 5.41) is 7.41. The van der Waals surface area contributed by atoms with Gasteiger partial charge in [-0.3, -0.25) is 4.90 Å². The Morgan fingerprint density at radius 1 is 1.11 bits per heavy atom. The monoisotopic (exact) mass is 256 g/mol. The summed E-state index contributed by atoms with van der Waals surface area (Å²) in [6.45, 7) is 4.62. The molecule has 3 heteroatoms. The van der Waals surface area contributed by atoms with Crippen LogP contribution in [0.4, 0.5) is 0 Å². The topological polar surface area (TPSA) is 27.3 Å². The molecule has 19 heavy (non-hydrogen) atoms. The summed E-state index contributed by atoms with van der Waals surface area (Å²) in [6, 6.07) is 11.4. The molecule has 3 nitrogen and oxygen atoms in total. The summed E-state index contributed by atoms with van der Waals surface area (Å²) in [7, 11) is 0. The Labute approximate surface area is 115 Å². The van der Waals surface area contributed by atoms with Crippen LogP contribution in [0.1, 0.15) is 30.4 Å². The van der Waals surface area contributed by atoms with E-state index in [0.29, 0.717) is 12.1 Å². The molecule has 0 saturated carbocycles. The first kappa shape index (κ1) is 11.9. The first-order valence-electron chi connectivity index (χ1n) is 7.60. The number of piperidine rings is 1. The molecule has 0 aliphatic carbocycles. The van der Waals surface area contributed by atoms with Crippen LogP contribution in [0.3, 0.4) is 0 Å². The van der Waals surface area contributed by atoms with Crippen molar-refractivity contribution in [1.29, 1.82) is 0 Å². The van der Waals surface area contributed by atoms with Gasteiger partial charge in [0, 0.05) is 31.7 Å². The molecule has 2 unspecified atom stereocenters. The zero-order chi connectivity index (χ0) is 12.7. The van der Waals surface area contributed by atoms with E-state index < -0.39 is 0 Å². The Morgan fingerprint density at radius 2 is 2.05 bits per heavy atom. The maximum atomic E-state index is 3.76. The van der Waals surface area contributed by atoms with E-state index in [1.807, 2.05) is 0 Å². The molecule has 2 saturated heterocycles. The fourth-order valence-electron chi connectivity index (χ4n) is 3.97. The maximum Gasteiger partial charge on any atom is 0.0854 e. The molecule has 3 heterocycles. The van der Waals surface area contributed by atoms with Crippen LogP contribution in [0, 0.1) is 6.04 Å². The minimum Gasteiger partial charge on any atom is -0.309 e. The lowest BCUT2D eigenvalue weighted by Gasteiger charge is -2.46. The summed E-state index contributed by atoms with van der Waals surface area (Å²) in [4.78, 5) is 2.69. The van der Waals surface area contributed by atoms with Crippen molar-refractivity contribution in [2.45, 2.75) is 37.9 Å². The molecule has 2 atom stereocenters. The molecular weight excluding hydrogens is 234 g/mol. The minimum absolute atomic E-state index is 0.498. The number of benzene rings is 1. The second-order valence-electron chi connectivity index (χ2n) is 5.96. The van der Waals surface area contributed by atoms with Crippen LogP contribution >= 0.6 is 0 Å². The number of piperazine rings is 1. The highest BCUT2D eigenvalue weighted by Gasteiger charge is 2.40. The van der Waals surface area contributed by atoms with Gasteiger partial charge in [-0.1, -0.05) is 30.7 Å². The molecule has 0 spiro atoms. The molecule has 4 rings (SSSR count). The normalized spacial score (nSPS) is 32.0. The highest BCUT2D eigenvalue weighted by Crippen LogP contribution is 2.33. The number of rotatable bonds is 1. The fraction of sp³-hybridized carbons (Fsp3) is 0.562. The average Bonchev–Trinajstić information content (AvgIpc) is 2.90. The van der Waals surface area contributed by atoms with Gasteiger partial charge in [0.05, 0.1) is 6.04 Å². The molecule has 0 amide bonds. The lowest BCUT2D eigenvalue weighted by molar-refractivity contribution is 0.0868. The third-order valence-corrected chi connectivity index (χ3v) is 4.90. The Balaban J connectivity index is 1.61. The standard InChI is InChI=1S/C16H22N3/c1-2-6-13-12(5-1)11-18-15(13)16-14-7-3-4-9-19(14)10-8-17-16/h1-2,5-6,14,16-18H,3-4,7-11H2. The molecule has 3 aliphatic heterocycles. The average molecular weight is 256 g/mol. The molecule has 1 radical (unpaired) electrons. The van der Waals surface area contributed by atoms with Crippen LogP contribution in [-0.4, -0.2) is 36.6 Å². The van der Waals surface area contributed by atoms with E-state index >= 15 is 0 Å². The van der Waals surface area contributed by atoms with Crippen molar-refractivity contribution >= 4 is 0 Å². The minimum atomic E-state index is 0.498. The van der Waals surface area contributed by atoms with E-state index in [4.69, 9.17) is 0 Å². The molecule has 3 aliphatic rings. The van der Waals surface area contributed by atoms with Gasteiger partial charge >= 0.3 is 0 Å². The van der Waals surface area contributed by atoms with E-state index in [-0.39, 0.29) is 0 Å². The Morgan fingerprint density at radius 3 is 3.05 bits per heavy atom. The van der Waals surface area contributed by atoms with Crippen LogP contribution < -0.4 is 10.6 Å². The van der Waals surface area contributed by atoms with Gasteiger partial charge in [-0.2, -0.15) is 0 Å². The smallest absolute Gasteiger partial charge is 0.0854 e. The van der Waals surface area contributed by atoms with Gasteiger partial charge < -0.3 is 10.6 Å². The van der Waals surface area contributed by atoms with E-state index in [2.05, 4.69) is 39.8 Å². The molecule has 2 fully saturated rings. The third kappa shape index (κ3) is 2.00. The molecule has 1 aromatic carbocycles.